The fourth-order valence-corrected chi connectivity index (χ4v) is 4.69. The molecule has 4 N–H and O–H groups in total. The lowest BCUT2D eigenvalue weighted by Gasteiger charge is -2.15. The zero-order valence-electron chi connectivity index (χ0n) is 22.3. The molecule has 4 aromatic carbocycles. The monoisotopic (exact) mass is 568 g/mol. The van der Waals surface area contributed by atoms with E-state index < -0.39 is 7.12 Å². The molecular weight excluding hydrogens is 543 g/mol. The van der Waals surface area contributed by atoms with E-state index >= 15 is 0 Å². The molecule has 0 saturated carbocycles. The summed E-state index contributed by atoms with van der Waals surface area (Å²) in [5.74, 6) is 1.58. The van der Waals surface area contributed by atoms with E-state index in [1.807, 2.05) is 36.4 Å². The van der Waals surface area contributed by atoms with Crippen LogP contribution in [0.4, 0.5) is 11.5 Å². The largest absolute Gasteiger partial charge is 0.497 e. The number of methoxy groups -OCH3 is 2. The maximum absolute atomic E-state index is 13.0. The minimum absolute atomic E-state index is 0.277. The van der Waals surface area contributed by atoms with Gasteiger partial charge in [0.15, 0.2) is 5.82 Å². The van der Waals surface area contributed by atoms with Gasteiger partial charge in [0.1, 0.15) is 11.5 Å². The number of hydrogen-bond acceptors (Lipinski definition) is 8. The second kappa shape index (κ2) is 12.3. The fraction of sp³-hybridized carbons (Fsp3) is 0.100. The maximum atomic E-state index is 13.0. The molecule has 0 atom stereocenters. The van der Waals surface area contributed by atoms with Gasteiger partial charge in [-0.25, -0.2) is 0 Å². The zero-order chi connectivity index (χ0) is 28.9. The van der Waals surface area contributed by atoms with Crippen LogP contribution in [-0.2, 0) is 6.54 Å². The van der Waals surface area contributed by atoms with Gasteiger partial charge in [-0.2, -0.15) is 5.10 Å². The van der Waals surface area contributed by atoms with Crippen LogP contribution >= 0.6 is 11.6 Å². The van der Waals surface area contributed by atoms with E-state index in [2.05, 4.69) is 20.8 Å². The fourth-order valence-electron chi connectivity index (χ4n) is 4.47. The molecule has 5 rings (SSSR count). The van der Waals surface area contributed by atoms with Gasteiger partial charge in [-0.05, 0) is 53.5 Å². The Labute approximate surface area is 241 Å². The highest BCUT2D eigenvalue weighted by Gasteiger charge is 2.18. The van der Waals surface area contributed by atoms with Gasteiger partial charge < -0.3 is 30.2 Å². The number of halogens is 1. The van der Waals surface area contributed by atoms with Crippen molar-refractivity contribution in [1.29, 1.82) is 0 Å². The molecule has 1 heterocycles. The topological polar surface area (TPSA) is 126 Å². The average Bonchev–Trinajstić information content (AvgIpc) is 2.99. The maximum Gasteiger partial charge on any atom is 0.488 e. The van der Waals surface area contributed by atoms with Crippen molar-refractivity contribution in [2.24, 2.45) is 0 Å². The van der Waals surface area contributed by atoms with Gasteiger partial charge >= 0.3 is 7.12 Å². The van der Waals surface area contributed by atoms with E-state index in [0.717, 1.165) is 21.9 Å². The van der Waals surface area contributed by atoms with Gasteiger partial charge in [0, 0.05) is 40.2 Å². The molecule has 0 aliphatic carbocycles. The minimum Gasteiger partial charge on any atom is -0.497 e. The summed E-state index contributed by atoms with van der Waals surface area (Å²) in [6.45, 7) is 0.442. The highest BCUT2D eigenvalue weighted by atomic mass is 35.5. The summed E-state index contributed by atoms with van der Waals surface area (Å²) >= 11 is 6.23. The summed E-state index contributed by atoms with van der Waals surface area (Å²) in [6, 6.07) is 22.8. The van der Waals surface area contributed by atoms with Crippen LogP contribution in [0.15, 0.2) is 85.1 Å². The Hall–Kier alpha value is -4.64. The van der Waals surface area contributed by atoms with Gasteiger partial charge in [-0.3, -0.25) is 4.79 Å². The number of carbonyl (C=O) groups is 1. The second-order valence-corrected chi connectivity index (χ2v) is 9.55. The molecule has 11 heteroatoms. The van der Waals surface area contributed by atoms with Gasteiger partial charge in [0.05, 0.1) is 31.0 Å². The predicted octanol–water partition coefficient (Wildman–Crippen LogP) is 4.51. The zero-order valence-corrected chi connectivity index (χ0v) is 23.0. The van der Waals surface area contributed by atoms with Crippen LogP contribution in [0.25, 0.3) is 21.9 Å². The minimum atomic E-state index is -1.68. The predicted molar refractivity (Wildman–Crippen MR) is 161 cm³/mol. The second-order valence-electron chi connectivity index (χ2n) is 9.14. The highest BCUT2D eigenvalue weighted by Crippen LogP contribution is 2.33. The SMILES string of the molecule is COc1ccc(CNc2nncc3cc(-c4cc(B(O)O)ccc4NC(=O)c4ccccc4Cl)ccc23)c(OC)c1. The van der Waals surface area contributed by atoms with Crippen LogP contribution in [0, 0.1) is 0 Å². The van der Waals surface area contributed by atoms with Crippen molar-refractivity contribution in [2.45, 2.75) is 6.54 Å². The third kappa shape index (κ3) is 6.10. The average molecular weight is 569 g/mol. The van der Waals surface area contributed by atoms with Crippen molar-refractivity contribution >= 4 is 52.4 Å². The van der Waals surface area contributed by atoms with Crippen molar-refractivity contribution in [3.05, 3.63) is 101 Å². The lowest BCUT2D eigenvalue weighted by molar-refractivity contribution is 0.102. The van der Waals surface area contributed by atoms with E-state index in [0.29, 0.717) is 45.7 Å². The summed E-state index contributed by atoms with van der Waals surface area (Å²) in [4.78, 5) is 13.0. The number of carbonyl (C=O) groups excluding carboxylic acids is 1. The van der Waals surface area contributed by atoms with Crippen molar-refractivity contribution < 1.29 is 24.3 Å². The number of nitrogens with one attached hydrogen (secondary N) is 2. The Balaban J connectivity index is 1.47. The summed E-state index contributed by atoms with van der Waals surface area (Å²) in [5, 5.41) is 36.3. The van der Waals surface area contributed by atoms with Crippen LogP contribution in [0.5, 0.6) is 11.5 Å². The lowest BCUT2D eigenvalue weighted by atomic mass is 9.78. The number of nitrogens with zero attached hydrogens (tertiary/aromatic N) is 2. The Morgan fingerprint density at radius 2 is 1.80 bits per heavy atom. The highest BCUT2D eigenvalue weighted by molar-refractivity contribution is 6.58. The first-order chi connectivity index (χ1) is 19.9. The summed E-state index contributed by atoms with van der Waals surface area (Å²) < 4.78 is 10.8. The molecule has 5 aromatic rings. The van der Waals surface area contributed by atoms with Crippen molar-refractivity contribution in [3.8, 4) is 22.6 Å². The molecule has 0 bridgehead atoms. The molecule has 0 aliphatic rings. The smallest absolute Gasteiger partial charge is 0.488 e. The first kappa shape index (κ1) is 27.9. The molecule has 0 saturated heterocycles. The third-order valence-electron chi connectivity index (χ3n) is 6.62. The van der Waals surface area contributed by atoms with Crippen molar-refractivity contribution in [2.75, 3.05) is 24.9 Å². The molecule has 206 valence electrons. The van der Waals surface area contributed by atoms with Crippen LogP contribution in [0.3, 0.4) is 0 Å². The van der Waals surface area contributed by atoms with Crippen LogP contribution in [0.1, 0.15) is 15.9 Å². The standard InChI is InChI=1S/C30H26BClN4O5/c1-40-22-10-7-19(28(15-22)41-2)16-33-29-23-11-8-18(13-20(23)17-34-36-29)25-14-21(31(38)39)9-12-27(25)35-30(37)24-5-3-4-6-26(24)32/h3-15,17,38-39H,16H2,1-2H3,(H,33,36)(H,35,37). The van der Waals surface area contributed by atoms with E-state index in [1.165, 1.54) is 0 Å². The summed E-state index contributed by atoms with van der Waals surface area (Å²) in [7, 11) is 1.53. The molecule has 0 unspecified atom stereocenters. The van der Waals surface area contributed by atoms with Gasteiger partial charge in [0.25, 0.3) is 5.91 Å². The van der Waals surface area contributed by atoms with Crippen molar-refractivity contribution in [1.82, 2.24) is 10.2 Å². The molecular formula is C30H26BClN4O5. The lowest BCUT2D eigenvalue weighted by Crippen LogP contribution is -2.30. The van der Waals surface area contributed by atoms with Crippen LogP contribution in [-0.4, -0.2) is 47.5 Å². The Morgan fingerprint density at radius 3 is 2.56 bits per heavy atom. The number of fused-ring (bicyclic) bond motifs is 1. The number of ether oxygens (including phenoxy) is 2. The Kier molecular flexibility index (Phi) is 8.35. The number of benzene rings is 4. The molecule has 0 fully saturated rings. The number of amides is 1. The quantitative estimate of drug-likeness (QED) is 0.191. The molecule has 9 nitrogen and oxygen atoms in total. The number of aromatic nitrogens is 2. The molecule has 1 amide bonds. The van der Waals surface area contributed by atoms with Gasteiger partial charge in [0.2, 0.25) is 0 Å². The normalized spacial score (nSPS) is 10.8. The van der Waals surface area contributed by atoms with Crippen LogP contribution < -0.4 is 25.6 Å². The van der Waals surface area contributed by atoms with E-state index in [-0.39, 0.29) is 11.4 Å². The Morgan fingerprint density at radius 1 is 0.976 bits per heavy atom. The van der Waals surface area contributed by atoms with Crippen molar-refractivity contribution in [3.63, 3.8) is 0 Å². The van der Waals surface area contributed by atoms with E-state index in [1.54, 1.807) is 62.9 Å². The Bertz CT molecular complexity index is 1730. The number of hydrogen-bond donors (Lipinski definition) is 4. The molecule has 0 aliphatic heterocycles. The van der Waals surface area contributed by atoms with Crippen LogP contribution in [0.2, 0.25) is 5.02 Å². The third-order valence-corrected chi connectivity index (χ3v) is 6.95. The van der Waals surface area contributed by atoms with Gasteiger partial charge in [-0.15, -0.1) is 5.10 Å². The number of rotatable bonds is 9. The molecule has 1 aromatic heterocycles. The van der Waals surface area contributed by atoms with E-state index in [9.17, 15) is 14.8 Å². The molecule has 0 spiro atoms. The number of anilines is 2. The van der Waals surface area contributed by atoms with Gasteiger partial charge in [-0.1, -0.05) is 41.9 Å². The summed E-state index contributed by atoms with van der Waals surface area (Å²) in [6.07, 6.45) is 1.64. The molecule has 0 radical (unpaired) electrons. The molecule has 41 heavy (non-hydrogen) atoms. The first-order valence-electron chi connectivity index (χ1n) is 12.6. The summed E-state index contributed by atoms with van der Waals surface area (Å²) in [5.41, 5.74) is 3.31. The van der Waals surface area contributed by atoms with E-state index in [4.69, 9.17) is 21.1 Å². The first-order valence-corrected chi connectivity index (χ1v) is 13.0.